The van der Waals surface area contributed by atoms with E-state index in [1.807, 2.05) is 22.8 Å². The first-order valence-electron chi connectivity index (χ1n) is 12.0. The monoisotopic (exact) mass is 439 g/mol. The number of anilines is 1. The molecule has 0 amide bonds. The first kappa shape index (κ1) is 20.9. The summed E-state index contributed by atoms with van der Waals surface area (Å²) in [5, 5.41) is 4.83. The fourth-order valence-corrected chi connectivity index (χ4v) is 5.72. The summed E-state index contributed by atoms with van der Waals surface area (Å²) in [6.45, 7) is 5.30. The first-order valence-corrected chi connectivity index (χ1v) is 12.4. The maximum Gasteiger partial charge on any atom is 0.261 e. The zero-order valence-corrected chi connectivity index (χ0v) is 19.1. The normalized spacial score (nSPS) is 21.0. The van der Waals surface area contributed by atoms with Crippen LogP contribution in [0.15, 0.2) is 23.0 Å². The van der Waals surface area contributed by atoms with E-state index in [-0.39, 0.29) is 5.56 Å². The van der Waals surface area contributed by atoms with Crippen LogP contribution in [0.5, 0.6) is 0 Å². The van der Waals surface area contributed by atoms with Crippen molar-refractivity contribution in [3.8, 4) is 0 Å². The van der Waals surface area contributed by atoms with Crippen LogP contribution in [0.25, 0.3) is 10.9 Å². The average molecular weight is 440 g/mol. The van der Waals surface area contributed by atoms with E-state index in [2.05, 4.69) is 15.1 Å². The largest absolute Gasteiger partial charge is 0.349 e. The lowest BCUT2D eigenvalue weighted by atomic mass is 10.0. The Hall–Kier alpha value is -1.99. The average Bonchev–Trinajstić information content (AvgIpc) is 3.06. The van der Waals surface area contributed by atoms with Crippen molar-refractivity contribution in [3.05, 3.63) is 34.4 Å². The van der Waals surface area contributed by atoms with Gasteiger partial charge in [0.1, 0.15) is 5.82 Å². The maximum atomic E-state index is 13.1. The molecule has 0 saturated carbocycles. The Labute approximate surface area is 189 Å². The fourth-order valence-electron chi connectivity index (χ4n) is 5.42. The zero-order valence-electron chi connectivity index (χ0n) is 18.3. The van der Waals surface area contributed by atoms with Crippen molar-refractivity contribution in [3.63, 3.8) is 0 Å². The molecule has 0 atom stereocenters. The van der Waals surface area contributed by atoms with Crippen LogP contribution in [-0.4, -0.2) is 56.7 Å². The molecule has 0 aliphatic carbocycles. The molecule has 1 aromatic carbocycles. The second-order valence-corrected chi connectivity index (χ2v) is 9.66. The van der Waals surface area contributed by atoms with E-state index < -0.39 is 0 Å². The van der Waals surface area contributed by atoms with Crippen LogP contribution in [0.2, 0.25) is 0 Å². The number of benzene rings is 1. The molecule has 2 saturated heterocycles. The molecule has 2 fully saturated rings. The summed E-state index contributed by atoms with van der Waals surface area (Å²) < 4.78 is 1.88. The predicted molar refractivity (Wildman–Crippen MR) is 130 cm³/mol. The first-order chi connectivity index (χ1) is 15.2. The molecule has 166 valence electrons. The number of hydrogen-bond acceptors (Lipinski definition) is 4. The number of nitrogens with zero attached hydrogens (tertiary/aromatic N) is 4. The number of likely N-dealkylation sites (tertiary alicyclic amines) is 2. The quantitative estimate of drug-likeness (QED) is 0.719. The van der Waals surface area contributed by atoms with E-state index in [0.717, 1.165) is 67.5 Å². The van der Waals surface area contributed by atoms with Gasteiger partial charge in [-0.25, -0.2) is 4.98 Å². The summed E-state index contributed by atoms with van der Waals surface area (Å²) in [4.78, 5) is 22.9. The van der Waals surface area contributed by atoms with E-state index >= 15 is 0 Å². The second kappa shape index (κ2) is 9.25. The van der Waals surface area contributed by atoms with Crippen molar-refractivity contribution in [2.75, 3.05) is 31.5 Å². The van der Waals surface area contributed by atoms with Crippen molar-refractivity contribution in [2.24, 2.45) is 0 Å². The molecular formula is C24H33N5OS. The highest BCUT2D eigenvalue weighted by molar-refractivity contribution is 7.80. The van der Waals surface area contributed by atoms with E-state index in [0.29, 0.717) is 11.4 Å². The highest BCUT2D eigenvalue weighted by Gasteiger charge is 2.26. The van der Waals surface area contributed by atoms with Gasteiger partial charge in [0, 0.05) is 37.8 Å². The molecule has 0 spiro atoms. The number of rotatable bonds is 2. The second-order valence-electron chi connectivity index (χ2n) is 9.27. The van der Waals surface area contributed by atoms with Gasteiger partial charge < -0.3 is 15.1 Å². The maximum absolute atomic E-state index is 13.1. The lowest BCUT2D eigenvalue weighted by Gasteiger charge is -2.41. The van der Waals surface area contributed by atoms with Gasteiger partial charge in [-0.15, -0.1) is 0 Å². The van der Waals surface area contributed by atoms with E-state index in [4.69, 9.17) is 17.2 Å². The van der Waals surface area contributed by atoms with Crippen molar-refractivity contribution in [2.45, 2.75) is 70.4 Å². The summed E-state index contributed by atoms with van der Waals surface area (Å²) in [6, 6.07) is 6.59. The lowest BCUT2D eigenvalue weighted by molar-refractivity contribution is 0.115. The van der Waals surface area contributed by atoms with E-state index in [9.17, 15) is 4.79 Å². The Bertz CT molecular complexity index is 1000. The Kier molecular flexibility index (Phi) is 6.23. The molecule has 4 heterocycles. The van der Waals surface area contributed by atoms with Gasteiger partial charge in [-0.05, 0) is 82.0 Å². The molecule has 3 aliphatic rings. The molecule has 1 N–H and O–H groups in total. The van der Waals surface area contributed by atoms with Gasteiger partial charge in [-0.2, -0.15) is 0 Å². The highest BCUT2D eigenvalue weighted by Crippen LogP contribution is 2.22. The minimum Gasteiger partial charge on any atom is -0.349 e. The SMILES string of the molecule is O=c1c2cc(NC(=S)N3CCC(N4CCCCC4)CC3)ccc2nc2n1CCCCC2. The predicted octanol–water partition coefficient (Wildman–Crippen LogP) is 3.77. The van der Waals surface area contributed by atoms with Crippen molar-refractivity contribution in [1.29, 1.82) is 0 Å². The van der Waals surface area contributed by atoms with Crippen molar-refractivity contribution in [1.82, 2.24) is 19.4 Å². The number of fused-ring (bicyclic) bond motifs is 2. The van der Waals surface area contributed by atoms with Crippen molar-refractivity contribution < 1.29 is 0 Å². The fraction of sp³-hybridized carbons (Fsp3) is 0.625. The third-order valence-electron chi connectivity index (χ3n) is 7.23. The smallest absolute Gasteiger partial charge is 0.261 e. The number of hydrogen-bond donors (Lipinski definition) is 1. The Morgan fingerprint density at radius 2 is 1.71 bits per heavy atom. The topological polar surface area (TPSA) is 53.4 Å². The van der Waals surface area contributed by atoms with Crippen LogP contribution < -0.4 is 10.9 Å². The van der Waals surface area contributed by atoms with Crippen LogP contribution in [0.4, 0.5) is 5.69 Å². The summed E-state index contributed by atoms with van der Waals surface area (Å²) in [7, 11) is 0. The van der Waals surface area contributed by atoms with Crippen LogP contribution in [0.1, 0.15) is 57.2 Å². The molecule has 1 aromatic heterocycles. The molecule has 5 rings (SSSR count). The van der Waals surface area contributed by atoms with Crippen LogP contribution >= 0.6 is 12.2 Å². The standard InChI is InChI=1S/C24H33N5OS/c30-23-20-17-18(8-9-21(20)26-22-7-3-1-6-14-29(22)23)25-24(31)28-15-10-19(11-16-28)27-12-4-2-5-13-27/h8-9,17,19H,1-7,10-16H2,(H,25,31). The molecule has 3 aliphatic heterocycles. The third-order valence-corrected chi connectivity index (χ3v) is 7.59. The Morgan fingerprint density at radius 1 is 0.968 bits per heavy atom. The highest BCUT2D eigenvalue weighted by atomic mass is 32.1. The minimum absolute atomic E-state index is 0.0822. The molecule has 0 radical (unpaired) electrons. The lowest BCUT2D eigenvalue weighted by Crippen LogP contribution is -2.49. The van der Waals surface area contributed by atoms with Gasteiger partial charge >= 0.3 is 0 Å². The molecule has 6 nitrogen and oxygen atoms in total. The third kappa shape index (κ3) is 4.48. The summed E-state index contributed by atoms with van der Waals surface area (Å²) in [5.41, 5.74) is 1.75. The molecule has 7 heteroatoms. The molecule has 2 aromatic rings. The van der Waals surface area contributed by atoms with Crippen LogP contribution in [0, 0.1) is 0 Å². The van der Waals surface area contributed by atoms with E-state index in [1.54, 1.807) is 0 Å². The van der Waals surface area contributed by atoms with Gasteiger partial charge in [0.15, 0.2) is 5.11 Å². The Morgan fingerprint density at radius 3 is 2.52 bits per heavy atom. The molecular weight excluding hydrogens is 406 g/mol. The van der Waals surface area contributed by atoms with Gasteiger partial charge in [0.25, 0.3) is 5.56 Å². The number of aromatic nitrogens is 2. The number of aryl methyl sites for hydroxylation is 1. The van der Waals surface area contributed by atoms with Crippen LogP contribution in [-0.2, 0) is 13.0 Å². The Balaban J connectivity index is 1.26. The number of thiocarbonyl (C=S) groups is 1. The molecule has 0 bridgehead atoms. The number of nitrogens with one attached hydrogen (secondary N) is 1. The summed E-state index contributed by atoms with van der Waals surface area (Å²) in [5.74, 6) is 0.933. The molecule has 31 heavy (non-hydrogen) atoms. The zero-order chi connectivity index (χ0) is 21.2. The molecule has 0 unspecified atom stereocenters. The number of piperidine rings is 2. The van der Waals surface area contributed by atoms with Gasteiger partial charge in [0.2, 0.25) is 0 Å². The van der Waals surface area contributed by atoms with Gasteiger partial charge in [0.05, 0.1) is 10.9 Å². The minimum atomic E-state index is 0.0822. The van der Waals surface area contributed by atoms with Gasteiger partial charge in [-0.3, -0.25) is 9.36 Å². The van der Waals surface area contributed by atoms with Crippen molar-refractivity contribution >= 4 is 33.9 Å². The van der Waals surface area contributed by atoms with E-state index in [1.165, 1.54) is 45.2 Å². The van der Waals surface area contributed by atoms with Crippen LogP contribution in [0.3, 0.4) is 0 Å². The summed E-state index contributed by atoms with van der Waals surface area (Å²) in [6.07, 6.45) is 10.7. The van der Waals surface area contributed by atoms with Gasteiger partial charge in [-0.1, -0.05) is 12.8 Å². The summed E-state index contributed by atoms with van der Waals surface area (Å²) >= 11 is 5.72.